The molecule has 1 N–H and O–H groups in total. The maximum Gasteiger partial charge on any atom is 0.343 e. The van der Waals surface area contributed by atoms with Crippen LogP contribution in [0.5, 0.6) is 0 Å². The highest BCUT2D eigenvalue weighted by Crippen LogP contribution is 1.53. The molecule has 0 saturated carbocycles. The molecule has 0 aromatic carbocycles. The maximum absolute atomic E-state index is 9.47. The molecule has 0 aromatic rings. The Balaban J connectivity index is 3.96. The molecule has 0 unspecified atom stereocenters. The molecule has 0 bridgehead atoms. The van der Waals surface area contributed by atoms with Crippen molar-refractivity contribution < 1.29 is 14.7 Å². The van der Waals surface area contributed by atoms with Crippen molar-refractivity contribution in [2.75, 3.05) is 0 Å². The normalized spacial score (nSPS) is 5.71. The van der Waals surface area contributed by atoms with Gasteiger partial charge in [-0.1, -0.05) is 0 Å². The van der Waals surface area contributed by atoms with Gasteiger partial charge in [-0.15, -0.1) is 4.79 Å². The molecule has 0 atom stereocenters. The lowest BCUT2D eigenvalue weighted by molar-refractivity contribution is -0.131. The maximum atomic E-state index is 9.47. The monoisotopic (exact) mass is 98.0 g/mol. The van der Waals surface area contributed by atoms with Crippen LogP contribution in [0.25, 0.3) is 5.53 Å². The number of nitrogens with zero attached hydrogens (tertiary/aromatic N) is 2. The summed E-state index contributed by atoms with van der Waals surface area (Å²) >= 11 is 0. The van der Waals surface area contributed by atoms with E-state index < -0.39 is 5.97 Å². The molecule has 0 radical (unpaired) electrons. The third kappa shape index (κ3) is 4.63. The number of hydrogen-bond acceptors (Lipinski definition) is 1. The van der Waals surface area contributed by atoms with Crippen LogP contribution < -0.4 is 0 Å². The van der Waals surface area contributed by atoms with E-state index in [-0.39, 0.29) is 0 Å². The molecular weight excluding hydrogens is 96.0 g/mol. The molecule has 0 aliphatic rings. The largest absolute Gasteiger partial charge is 0.477 e. The molecule has 0 aromatic heterocycles. The van der Waals surface area contributed by atoms with Gasteiger partial charge in [0.25, 0.3) is 0 Å². The van der Waals surface area contributed by atoms with Crippen molar-refractivity contribution in [1.29, 1.82) is 0 Å². The Bertz CT molecular complexity index is 150. The van der Waals surface area contributed by atoms with Crippen molar-refractivity contribution in [2.45, 2.75) is 0 Å². The predicted octanol–water partition coefficient (Wildman–Crippen LogP) is -0.473. The Labute approximate surface area is 39.3 Å². The van der Waals surface area contributed by atoms with E-state index in [2.05, 4.69) is 4.79 Å². The Hall–Kier alpha value is -1.37. The number of carbonyl (C=O) groups is 1. The van der Waals surface area contributed by atoms with E-state index in [4.69, 9.17) is 10.6 Å². The molecule has 7 heavy (non-hydrogen) atoms. The zero-order valence-corrected chi connectivity index (χ0v) is 3.33. The van der Waals surface area contributed by atoms with E-state index in [1.54, 1.807) is 5.87 Å². The van der Waals surface area contributed by atoms with Gasteiger partial charge in [0.1, 0.15) is 6.08 Å². The average molecular weight is 98.1 g/mol. The fourth-order valence-electron chi connectivity index (χ4n) is 0.0841. The molecular formula is C3H2N2O2. The van der Waals surface area contributed by atoms with E-state index in [1.807, 2.05) is 0 Å². The van der Waals surface area contributed by atoms with Crippen LogP contribution in [0.2, 0.25) is 0 Å². The second-order valence-corrected chi connectivity index (χ2v) is 0.712. The van der Waals surface area contributed by atoms with Gasteiger partial charge in [-0.25, -0.2) is 4.79 Å². The van der Waals surface area contributed by atoms with Crippen molar-refractivity contribution >= 4 is 11.8 Å². The van der Waals surface area contributed by atoms with Crippen LogP contribution in [0.4, 0.5) is 0 Å². The van der Waals surface area contributed by atoms with E-state index >= 15 is 0 Å². The van der Waals surface area contributed by atoms with Crippen molar-refractivity contribution in [3.8, 4) is 0 Å². The Morgan fingerprint density at radius 2 is 2.57 bits per heavy atom. The summed E-state index contributed by atoms with van der Waals surface area (Å²) in [6.45, 7) is 0. The average Bonchev–Trinajstić information content (AvgIpc) is 1.61. The third-order valence-electron chi connectivity index (χ3n) is 0.246. The number of carboxylic acid groups (broad SMARTS) is 1. The third-order valence-corrected chi connectivity index (χ3v) is 0.246. The van der Waals surface area contributed by atoms with Crippen molar-refractivity contribution in [3.05, 3.63) is 11.6 Å². The van der Waals surface area contributed by atoms with Gasteiger partial charge >= 0.3 is 11.8 Å². The van der Waals surface area contributed by atoms with Crippen LogP contribution in [0.15, 0.2) is 6.08 Å². The van der Waals surface area contributed by atoms with Crippen molar-refractivity contribution in [1.82, 2.24) is 0 Å². The second-order valence-electron chi connectivity index (χ2n) is 0.712. The Morgan fingerprint density at radius 1 is 2.00 bits per heavy atom. The molecule has 0 saturated heterocycles. The summed E-state index contributed by atoms with van der Waals surface area (Å²) in [7, 11) is 0. The van der Waals surface area contributed by atoms with E-state index in [9.17, 15) is 4.79 Å². The van der Waals surface area contributed by atoms with Gasteiger partial charge in [-0.3, -0.25) is 0 Å². The first-order valence-corrected chi connectivity index (χ1v) is 1.43. The predicted molar refractivity (Wildman–Crippen MR) is 20.8 cm³/mol. The Morgan fingerprint density at radius 3 is 2.71 bits per heavy atom. The van der Waals surface area contributed by atoms with Gasteiger partial charge in [0.15, 0.2) is 0 Å². The number of aliphatic carboxylic acids is 1. The van der Waals surface area contributed by atoms with Crippen molar-refractivity contribution in [3.63, 3.8) is 0 Å². The van der Waals surface area contributed by atoms with Crippen molar-refractivity contribution in [2.24, 2.45) is 0 Å². The van der Waals surface area contributed by atoms with Gasteiger partial charge in [0.05, 0.1) is 0 Å². The molecule has 0 fully saturated rings. The molecule has 4 nitrogen and oxygen atoms in total. The van der Waals surface area contributed by atoms with E-state index in [1.165, 1.54) is 0 Å². The number of carboxylic acids is 1. The second kappa shape index (κ2) is 2.85. The van der Waals surface area contributed by atoms with E-state index in [0.29, 0.717) is 6.08 Å². The van der Waals surface area contributed by atoms with E-state index in [0.717, 1.165) is 0 Å². The fourth-order valence-corrected chi connectivity index (χ4v) is 0.0841. The topological polar surface area (TPSA) is 73.7 Å². The summed E-state index contributed by atoms with van der Waals surface area (Å²) in [4.78, 5) is 11.8. The highest BCUT2D eigenvalue weighted by atomic mass is 16.4. The lowest BCUT2D eigenvalue weighted by atomic mass is 10.7. The minimum Gasteiger partial charge on any atom is -0.477 e. The highest BCUT2D eigenvalue weighted by molar-refractivity contribution is 5.87. The fraction of sp³-hybridized carbons (Fsp3) is 0. The van der Waals surface area contributed by atoms with Gasteiger partial charge in [-0.05, 0) is 0 Å². The van der Waals surface area contributed by atoms with Crippen LogP contribution in [-0.2, 0) is 4.79 Å². The number of hydrogen-bond donors (Lipinski definition) is 1. The van der Waals surface area contributed by atoms with Crippen LogP contribution in [0.3, 0.4) is 0 Å². The first kappa shape index (κ1) is 5.63. The minimum absolute atomic E-state index is 0.597. The SMILES string of the molecule is [N-]=[N+]=C=CC(=O)O. The van der Waals surface area contributed by atoms with Gasteiger partial charge in [0.2, 0.25) is 0 Å². The van der Waals surface area contributed by atoms with Gasteiger partial charge in [0, 0.05) is 0 Å². The molecule has 0 rings (SSSR count). The minimum atomic E-state index is -1.18. The zero-order chi connectivity index (χ0) is 5.70. The Kier molecular flexibility index (Phi) is 2.29. The summed E-state index contributed by atoms with van der Waals surface area (Å²) in [5, 5.41) is 7.76. The quantitative estimate of drug-likeness (QED) is 0.208. The highest BCUT2D eigenvalue weighted by Gasteiger charge is 1.82. The molecule has 0 aliphatic heterocycles. The smallest absolute Gasteiger partial charge is 0.343 e. The molecule has 0 heterocycles. The molecule has 0 amide bonds. The van der Waals surface area contributed by atoms with Gasteiger partial charge < -0.3 is 10.6 Å². The lowest BCUT2D eigenvalue weighted by Crippen LogP contribution is -1.85. The molecule has 36 valence electrons. The summed E-state index contributed by atoms with van der Waals surface area (Å²) < 4.78 is 0. The zero-order valence-electron chi connectivity index (χ0n) is 3.33. The lowest BCUT2D eigenvalue weighted by Gasteiger charge is -1.61. The molecule has 0 spiro atoms. The summed E-state index contributed by atoms with van der Waals surface area (Å²) in [6.07, 6.45) is 0.597. The molecule has 0 aliphatic carbocycles. The van der Waals surface area contributed by atoms with Crippen LogP contribution in [0, 0.1) is 0 Å². The number of rotatable bonds is 1. The first-order valence-electron chi connectivity index (χ1n) is 1.43. The van der Waals surface area contributed by atoms with Crippen LogP contribution >= 0.6 is 0 Å². The van der Waals surface area contributed by atoms with Crippen LogP contribution in [0.1, 0.15) is 0 Å². The summed E-state index contributed by atoms with van der Waals surface area (Å²) in [5.74, 6) is 0.521. The summed E-state index contributed by atoms with van der Waals surface area (Å²) in [6, 6.07) is 0. The first-order chi connectivity index (χ1) is 3.27. The standard InChI is InChI=1S/C3H2N2O2/c4-5-2-1-3(6)7/h1H,(H,6,7). The van der Waals surface area contributed by atoms with Gasteiger partial charge in [-0.2, -0.15) is 0 Å². The molecule has 4 heteroatoms. The summed E-state index contributed by atoms with van der Waals surface area (Å²) in [5.41, 5.74) is 7.53. The van der Waals surface area contributed by atoms with Crippen LogP contribution in [-0.4, -0.2) is 21.7 Å².